The van der Waals surface area contributed by atoms with E-state index in [1.54, 1.807) is 42.5 Å². The van der Waals surface area contributed by atoms with Crippen LogP contribution >= 0.6 is 0 Å². The summed E-state index contributed by atoms with van der Waals surface area (Å²) in [7, 11) is -19.1. The van der Waals surface area contributed by atoms with Gasteiger partial charge >= 0.3 is 5.97 Å². The molecular weight excluding hydrogens is 1500 g/mol. The van der Waals surface area contributed by atoms with Gasteiger partial charge in [0.05, 0.1) is 47.5 Å². The molecule has 3 aliphatic rings. The van der Waals surface area contributed by atoms with Gasteiger partial charge in [0.15, 0.2) is 0 Å². The Morgan fingerprint density at radius 3 is 1.08 bits per heavy atom. The molecule has 16 rings (SSSR count). The smallest absolute Gasteiger partial charge is 0.333 e. The fraction of sp³-hybridized carbons (Fsp3) is 0.127. The molecule has 0 saturated carbocycles. The summed E-state index contributed by atoms with van der Waals surface area (Å²) in [6.45, 7) is 7.54. The highest BCUT2D eigenvalue weighted by molar-refractivity contribution is 7.86. The van der Waals surface area contributed by atoms with E-state index < -0.39 is 101 Å². The van der Waals surface area contributed by atoms with Gasteiger partial charge in [0.1, 0.15) is 46.0 Å². The van der Waals surface area contributed by atoms with Crippen LogP contribution in [-0.2, 0) is 59.7 Å². The quantitative estimate of drug-likeness (QED) is 0.0161. The van der Waals surface area contributed by atoms with Crippen LogP contribution in [0, 0.1) is 0 Å². The molecule has 13 aromatic rings. The van der Waals surface area contributed by atoms with Crippen LogP contribution in [0.25, 0.3) is 81.5 Å². The molecule has 0 aromatic heterocycles. The normalized spacial score (nSPS) is 14.3. The molecule has 1 saturated heterocycles. The number of anilines is 1. The Bertz CT molecular complexity index is 6440. The van der Waals surface area contributed by atoms with E-state index in [1.165, 1.54) is 78.9 Å². The van der Waals surface area contributed by atoms with Crippen LogP contribution in [0.3, 0.4) is 0 Å². The van der Waals surface area contributed by atoms with E-state index in [9.17, 15) is 66.3 Å². The first-order valence-electron chi connectivity index (χ1n) is 33.8. The van der Waals surface area contributed by atoms with Crippen molar-refractivity contribution >= 4 is 169 Å². The first-order valence-corrected chi connectivity index (χ1v) is 39.6. The molecule has 554 valence electrons. The van der Waals surface area contributed by atoms with Crippen molar-refractivity contribution in [3.63, 3.8) is 0 Å². The van der Waals surface area contributed by atoms with E-state index in [1.807, 2.05) is 13.8 Å². The molecule has 3 aliphatic heterocycles. The average molecular weight is 1560 g/mol. The lowest BCUT2D eigenvalue weighted by Crippen LogP contribution is -2.41. The predicted molar refractivity (Wildman–Crippen MR) is 399 cm³/mol. The molecule has 6 amide bonds. The Hall–Kier alpha value is -12.3. The van der Waals surface area contributed by atoms with Gasteiger partial charge in [-0.3, -0.25) is 51.9 Å². The summed E-state index contributed by atoms with van der Waals surface area (Å²) in [5, 5.41) is 3.78. The van der Waals surface area contributed by atoms with Crippen molar-refractivity contribution in [2.75, 3.05) is 11.4 Å². The SMILES string of the molecule is C=Cc1cccc(C(C)C)c1N1C(=O)c2cc(Oc3ccc(S(=O)(=O)O)cc3)c3c4ccc5c6c(Oc7ccc(S(=O)(=O)O)cc7)cc7c8c(cc(Oc9ccc(S(=O)(=O)O)cc9)c(c9ccc(c%10c(Oc%11ccc(S(=O)(=O)O)cc%11)cc(c2c3%10)C1=O)c4c59)c86)C(=O)N(CCCCCC(=O)ON1C(=O)CCC1=O)C7=O. The van der Waals surface area contributed by atoms with E-state index in [-0.39, 0.29) is 168 Å². The molecule has 27 nitrogen and oxygen atoms in total. The topological polar surface area (TPSA) is 393 Å². The average Bonchev–Trinajstić information content (AvgIpc) is 0.688. The summed E-state index contributed by atoms with van der Waals surface area (Å²) in [4.78, 5) is 105. The maximum Gasteiger partial charge on any atom is 0.333 e. The van der Waals surface area contributed by atoms with Crippen LogP contribution in [0.15, 0.2) is 190 Å². The van der Waals surface area contributed by atoms with Crippen molar-refractivity contribution in [3.8, 4) is 46.0 Å². The van der Waals surface area contributed by atoms with Gasteiger partial charge in [-0.1, -0.05) is 75.4 Å². The summed E-state index contributed by atoms with van der Waals surface area (Å²) < 4.78 is 168. The van der Waals surface area contributed by atoms with E-state index >= 15 is 19.2 Å². The monoisotopic (exact) mass is 1560 g/mol. The van der Waals surface area contributed by atoms with E-state index in [0.29, 0.717) is 48.5 Å². The van der Waals surface area contributed by atoms with Crippen LogP contribution in [-0.4, -0.2) is 110 Å². The zero-order valence-corrected chi connectivity index (χ0v) is 60.6. The van der Waals surface area contributed by atoms with Crippen molar-refractivity contribution in [1.82, 2.24) is 9.96 Å². The van der Waals surface area contributed by atoms with Crippen molar-refractivity contribution < 1.29 is 109 Å². The predicted octanol–water partition coefficient (Wildman–Crippen LogP) is 15.1. The lowest BCUT2D eigenvalue weighted by Gasteiger charge is -2.33. The van der Waals surface area contributed by atoms with E-state index in [2.05, 4.69) is 6.58 Å². The number of unbranched alkanes of at least 4 members (excludes halogenated alkanes) is 2. The van der Waals surface area contributed by atoms with Crippen LogP contribution in [0.1, 0.15) is 111 Å². The molecule has 0 spiro atoms. The molecule has 3 heterocycles. The molecule has 0 radical (unpaired) electrons. The molecule has 0 bridgehead atoms. The third-order valence-electron chi connectivity index (χ3n) is 19.7. The zero-order valence-electron chi connectivity index (χ0n) is 57.3. The van der Waals surface area contributed by atoms with Gasteiger partial charge in [0.2, 0.25) is 0 Å². The Morgan fingerprint density at radius 1 is 0.427 bits per heavy atom. The number of ether oxygens (including phenoxy) is 4. The standard InChI is InChI=1S/C79H55N3O24S4/c1-4-40-9-8-10-49(39(2)3)75(40)81-78(88)56-37-60(104-43-16-24-47(25-17-43)109(96,97)98)71-52-30-28-50-65-51(29-31-53(66(52)65)72-61(38-57(79(81)89)68(56)74(71)72)105-44-18-26-48(27-19-44)110(99,100)101)70-59(103-42-14-22-46(23-15-42)108(93,94)95)36-55-67-54(35-58(69(50)73(67)70)102-41-12-20-45(21-13-41)107(90,91)92)76(86)80(77(55)87)34-7-5-6-11-64(85)106-82-62(83)32-33-63(82)84/h4,8-10,12-31,35-39H,1,5-7,11,32-34H2,2-3H3,(H,90,91,92)(H,93,94,95)(H,96,97,98)(H,99,100,101). The zero-order chi connectivity index (χ0) is 77.7. The van der Waals surface area contributed by atoms with Crippen LogP contribution in [0.2, 0.25) is 0 Å². The maximum atomic E-state index is 16.0. The lowest BCUT2D eigenvalue weighted by atomic mass is 9.79. The Balaban J connectivity index is 0.997. The minimum atomic E-state index is -4.77. The van der Waals surface area contributed by atoms with Crippen LogP contribution < -0.4 is 23.8 Å². The number of hydrogen-bond acceptors (Lipinski definition) is 20. The van der Waals surface area contributed by atoms with Crippen molar-refractivity contribution in [1.29, 1.82) is 0 Å². The Kier molecular flexibility index (Phi) is 17.1. The summed E-state index contributed by atoms with van der Waals surface area (Å²) in [5.74, 6) is -6.21. The number of benzene rings is 13. The van der Waals surface area contributed by atoms with Crippen molar-refractivity contribution in [2.24, 2.45) is 0 Å². The van der Waals surface area contributed by atoms with Gasteiger partial charge in [-0.25, -0.2) is 9.69 Å². The number of amides is 6. The number of nitrogens with zero attached hydrogens (tertiary/aromatic N) is 3. The fourth-order valence-corrected chi connectivity index (χ4v) is 16.8. The molecule has 0 atom stereocenters. The highest BCUT2D eigenvalue weighted by Crippen LogP contribution is 2.58. The summed E-state index contributed by atoms with van der Waals surface area (Å²) in [5.41, 5.74) is 0.908. The lowest BCUT2D eigenvalue weighted by molar-refractivity contribution is -0.197. The van der Waals surface area contributed by atoms with Gasteiger partial charge in [0.25, 0.3) is 75.9 Å². The maximum absolute atomic E-state index is 16.0. The number of para-hydroxylation sites is 1. The molecule has 13 aromatic carbocycles. The number of hydrogen-bond donors (Lipinski definition) is 4. The van der Waals surface area contributed by atoms with Gasteiger partial charge < -0.3 is 23.8 Å². The molecule has 31 heteroatoms. The number of carbonyl (C=O) groups excluding carboxylic acids is 7. The first-order chi connectivity index (χ1) is 52.3. The van der Waals surface area contributed by atoms with Gasteiger partial charge in [-0.05, 0) is 184 Å². The van der Waals surface area contributed by atoms with Crippen LogP contribution in [0.5, 0.6) is 46.0 Å². The summed E-state index contributed by atoms with van der Waals surface area (Å²) >= 11 is 0. The number of hydroxylamine groups is 2. The number of fused-ring (bicyclic) bond motifs is 4. The van der Waals surface area contributed by atoms with E-state index in [0.717, 1.165) is 58.3 Å². The molecule has 1 fully saturated rings. The number of rotatable bonds is 22. The van der Waals surface area contributed by atoms with Gasteiger partial charge in [0, 0.05) is 68.9 Å². The Labute approximate surface area is 623 Å². The minimum absolute atomic E-state index is 0.0274. The summed E-state index contributed by atoms with van der Waals surface area (Å²) in [6, 6.07) is 36.4. The van der Waals surface area contributed by atoms with Crippen molar-refractivity contribution in [3.05, 3.63) is 204 Å². The van der Waals surface area contributed by atoms with Gasteiger partial charge in [-0.2, -0.15) is 33.7 Å². The van der Waals surface area contributed by atoms with Crippen molar-refractivity contribution in [2.45, 2.75) is 77.9 Å². The molecule has 0 aliphatic carbocycles. The molecular formula is C79H55N3O24S4. The van der Waals surface area contributed by atoms with E-state index in [4.69, 9.17) is 23.8 Å². The molecule has 110 heavy (non-hydrogen) atoms. The molecule has 4 N–H and O–H groups in total. The fourth-order valence-electron chi connectivity index (χ4n) is 14.9. The second-order valence-corrected chi connectivity index (χ2v) is 32.3. The first kappa shape index (κ1) is 71.9. The highest BCUT2D eigenvalue weighted by Gasteiger charge is 2.42. The Morgan fingerprint density at radius 2 is 0.764 bits per heavy atom. The highest BCUT2D eigenvalue weighted by atomic mass is 32.2. The van der Waals surface area contributed by atoms with Crippen LogP contribution in [0.4, 0.5) is 5.69 Å². The van der Waals surface area contributed by atoms with Gasteiger partial charge in [-0.15, -0.1) is 5.06 Å². The second-order valence-electron chi connectivity index (χ2n) is 26.7. The molecule has 0 unspecified atom stereocenters. The third-order valence-corrected chi connectivity index (χ3v) is 23.2. The minimum Gasteiger partial charge on any atom is -0.457 e. The number of carbonyl (C=O) groups is 7. The number of imide groups is 3. The summed E-state index contributed by atoms with van der Waals surface area (Å²) in [6.07, 6.45) is 1.50. The largest absolute Gasteiger partial charge is 0.457 e. The third kappa shape index (κ3) is 12.1. The second kappa shape index (κ2) is 26.2.